The highest BCUT2D eigenvalue weighted by atomic mass is 28.3. The Labute approximate surface area is 123 Å². The summed E-state index contributed by atoms with van der Waals surface area (Å²) in [6.07, 6.45) is 6.56. The lowest BCUT2D eigenvalue weighted by Gasteiger charge is -2.12. The molecule has 0 N–H and O–H groups in total. The zero-order valence-electron chi connectivity index (χ0n) is 13.5. The minimum Gasteiger partial charge on any atom is -0.546 e. The molecule has 0 bridgehead atoms. The summed E-state index contributed by atoms with van der Waals surface area (Å²) in [7, 11) is 0.799. The van der Waals surface area contributed by atoms with E-state index in [-0.39, 0.29) is 1.43 Å². The van der Waals surface area contributed by atoms with Crippen molar-refractivity contribution in [3.63, 3.8) is 0 Å². The zero-order chi connectivity index (χ0) is 14.5. The Balaban J connectivity index is 0.00000220. The maximum absolute atomic E-state index is 5.92. The average Bonchev–Trinajstić information content (AvgIpc) is 2.78. The molecular formula is C15H22N3OSi+. The number of hydrogen-bond donors (Lipinski definition) is 0. The van der Waals surface area contributed by atoms with Crippen LogP contribution in [0.4, 0.5) is 5.69 Å². The molecule has 0 amide bonds. The summed E-state index contributed by atoms with van der Waals surface area (Å²) in [6.45, 7) is 6.38. The molecule has 0 aliphatic rings. The molecule has 2 rings (SSSR count). The van der Waals surface area contributed by atoms with E-state index in [9.17, 15) is 0 Å². The fourth-order valence-corrected chi connectivity index (χ4v) is 2.62. The first-order valence-electron chi connectivity index (χ1n) is 6.82. The van der Waals surface area contributed by atoms with Gasteiger partial charge < -0.3 is 4.43 Å². The second-order valence-corrected chi connectivity index (χ2v) is 7.51. The van der Waals surface area contributed by atoms with Gasteiger partial charge in [0.05, 0.1) is 6.20 Å². The molecule has 0 unspecified atom stereocenters. The van der Waals surface area contributed by atoms with Crippen molar-refractivity contribution in [2.45, 2.75) is 26.4 Å². The van der Waals surface area contributed by atoms with E-state index in [1.165, 1.54) is 5.56 Å². The maximum Gasteiger partial charge on any atom is 1.00 e. The Hall–Kier alpha value is -1.88. The SMILES string of the molecule is Cc1ccc(O[SiH](C)C)c(N=CCc2cnn(C)c2)c1.[H+]. The van der Waals surface area contributed by atoms with Gasteiger partial charge in [0, 0.05) is 25.9 Å². The predicted molar refractivity (Wildman–Crippen MR) is 86.9 cm³/mol. The first-order chi connectivity index (χ1) is 9.54. The summed E-state index contributed by atoms with van der Waals surface area (Å²) < 4.78 is 7.72. The largest absolute Gasteiger partial charge is 1.00 e. The average molecular weight is 288 g/mol. The van der Waals surface area contributed by atoms with Gasteiger partial charge >= 0.3 is 1.43 Å². The van der Waals surface area contributed by atoms with Crippen LogP contribution in [0.5, 0.6) is 5.75 Å². The molecule has 0 saturated heterocycles. The summed E-state index contributed by atoms with van der Waals surface area (Å²) in [6, 6.07) is 6.14. The van der Waals surface area contributed by atoms with Crippen molar-refractivity contribution in [2.75, 3.05) is 0 Å². The van der Waals surface area contributed by atoms with Gasteiger partial charge in [-0.1, -0.05) is 6.07 Å². The number of benzene rings is 1. The lowest BCUT2D eigenvalue weighted by atomic mass is 10.2. The van der Waals surface area contributed by atoms with E-state index in [1.807, 2.05) is 31.7 Å². The molecular weight excluding hydrogens is 266 g/mol. The predicted octanol–water partition coefficient (Wildman–Crippen LogP) is 3.15. The maximum atomic E-state index is 5.92. The highest BCUT2D eigenvalue weighted by molar-refractivity contribution is 6.49. The van der Waals surface area contributed by atoms with Gasteiger partial charge in [-0.05, 0) is 43.3 Å². The third-order valence-electron chi connectivity index (χ3n) is 2.79. The van der Waals surface area contributed by atoms with Crippen LogP contribution in [0.15, 0.2) is 35.6 Å². The number of aromatic nitrogens is 2. The molecule has 1 heterocycles. The van der Waals surface area contributed by atoms with Gasteiger partial charge in [0.15, 0.2) is 0 Å². The van der Waals surface area contributed by atoms with Crippen LogP contribution < -0.4 is 4.43 Å². The summed E-state index contributed by atoms with van der Waals surface area (Å²) in [5.41, 5.74) is 3.26. The van der Waals surface area contributed by atoms with Crippen LogP contribution in [0.1, 0.15) is 12.6 Å². The van der Waals surface area contributed by atoms with E-state index >= 15 is 0 Å². The second-order valence-electron chi connectivity index (χ2n) is 5.18. The van der Waals surface area contributed by atoms with Crippen LogP contribution in [0.25, 0.3) is 0 Å². The lowest BCUT2D eigenvalue weighted by molar-refractivity contribution is 0.582. The molecule has 0 atom stereocenters. The number of aliphatic imine (C=N–C) groups is 1. The Morgan fingerprint density at radius 2 is 2.25 bits per heavy atom. The molecule has 20 heavy (non-hydrogen) atoms. The first kappa shape index (κ1) is 14.5. The molecule has 0 aliphatic heterocycles. The van der Waals surface area contributed by atoms with E-state index < -0.39 is 9.04 Å². The van der Waals surface area contributed by atoms with Crippen LogP contribution >= 0.6 is 0 Å². The van der Waals surface area contributed by atoms with Crippen molar-refractivity contribution < 1.29 is 5.85 Å². The number of nitrogens with zero attached hydrogens (tertiary/aromatic N) is 3. The minimum absolute atomic E-state index is 0. The van der Waals surface area contributed by atoms with Gasteiger partial charge in [0.2, 0.25) is 9.04 Å². The summed E-state index contributed by atoms with van der Waals surface area (Å²) in [4.78, 5) is 4.56. The Kier molecular flexibility index (Phi) is 4.73. The number of rotatable bonds is 5. The summed E-state index contributed by atoms with van der Waals surface area (Å²) >= 11 is 0. The highest BCUT2D eigenvalue weighted by Crippen LogP contribution is 2.28. The topological polar surface area (TPSA) is 39.4 Å². The van der Waals surface area contributed by atoms with Crippen LogP contribution in [0.3, 0.4) is 0 Å². The molecule has 1 aromatic carbocycles. The Morgan fingerprint density at radius 1 is 1.45 bits per heavy atom. The smallest absolute Gasteiger partial charge is 0.546 e. The molecule has 2 aromatic rings. The normalized spacial score (nSPS) is 11.4. The second kappa shape index (κ2) is 6.52. The molecule has 0 fully saturated rings. The van der Waals surface area contributed by atoms with Crippen LogP contribution in [-0.4, -0.2) is 25.0 Å². The van der Waals surface area contributed by atoms with Crippen molar-refractivity contribution in [2.24, 2.45) is 12.0 Å². The van der Waals surface area contributed by atoms with E-state index in [1.54, 1.807) is 4.68 Å². The lowest BCUT2D eigenvalue weighted by Crippen LogP contribution is -2.11. The molecule has 4 nitrogen and oxygen atoms in total. The van der Waals surface area contributed by atoms with E-state index in [0.29, 0.717) is 0 Å². The van der Waals surface area contributed by atoms with Crippen LogP contribution in [0, 0.1) is 6.92 Å². The summed E-state index contributed by atoms with van der Waals surface area (Å²) in [5.74, 6) is 0.889. The molecule has 5 heteroatoms. The van der Waals surface area contributed by atoms with Crippen molar-refractivity contribution in [3.8, 4) is 5.75 Å². The fourth-order valence-electron chi connectivity index (χ4n) is 1.91. The zero-order valence-corrected chi connectivity index (χ0v) is 13.7. The standard InChI is InChI=1S/C15H21N3OSi/c1-12-5-6-15(19-20(3)4)14(9-12)16-8-7-13-10-17-18(2)11-13/h5-6,8-11,20H,7H2,1-4H3/p+1. The van der Waals surface area contributed by atoms with Gasteiger partial charge in [-0.2, -0.15) is 5.10 Å². The molecule has 106 valence electrons. The minimum atomic E-state index is -1.12. The van der Waals surface area contributed by atoms with Gasteiger partial charge in [-0.3, -0.25) is 9.67 Å². The van der Waals surface area contributed by atoms with Gasteiger partial charge in [-0.15, -0.1) is 0 Å². The quantitative estimate of drug-likeness (QED) is 0.626. The third-order valence-corrected chi connectivity index (χ3v) is 3.52. The molecule has 0 radical (unpaired) electrons. The molecule has 0 spiro atoms. The van der Waals surface area contributed by atoms with E-state index in [2.05, 4.69) is 42.2 Å². The fraction of sp³-hybridized carbons (Fsp3) is 0.333. The van der Waals surface area contributed by atoms with Crippen LogP contribution in [0.2, 0.25) is 13.1 Å². The molecule has 1 aromatic heterocycles. The van der Waals surface area contributed by atoms with Gasteiger partial charge in [0.25, 0.3) is 0 Å². The Bertz CT molecular complexity index is 611. The van der Waals surface area contributed by atoms with Crippen molar-refractivity contribution in [1.29, 1.82) is 0 Å². The monoisotopic (exact) mass is 288 g/mol. The highest BCUT2D eigenvalue weighted by Gasteiger charge is 2.05. The molecule has 0 saturated carbocycles. The van der Waals surface area contributed by atoms with Gasteiger partial charge in [-0.25, -0.2) is 0 Å². The van der Waals surface area contributed by atoms with E-state index in [4.69, 9.17) is 4.43 Å². The molecule has 0 aliphatic carbocycles. The van der Waals surface area contributed by atoms with Gasteiger partial charge in [0.1, 0.15) is 11.4 Å². The van der Waals surface area contributed by atoms with Crippen molar-refractivity contribution >= 4 is 20.9 Å². The number of aryl methyl sites for hydroxylation is 2. The third kappa shape index (κ3) is 4.06. The van der Waals surface area contributed by atoms with E-state index in [0.717, 1.165) is 23.4 Å². The Morgan fingerprint density at radius 3 is 2.90 bits per heavy atom. The van der Waals surface area contributed by atoms with Crippen LogP contribution in [-0.2, 0) is 13.5 Å². The van der Waals surface area contributed by atoms with Crippen molar-refractivity contribution in [3.05, 3.63) is 41.7 Å². The summed E-state index contributed by atoms with van der Waals surface area (Å²) in [5, 5.41) is 4.15. The first-order valence-corrected chi connectivity index (χ1v) is 9.60. The van der Waals surface area contributed by atoms with Crippen molar-refractivity contribution in [1.82, 2.24) is 9.78 Å². The number of hydrogen-bond acceptors (Lipinski definition) is 3.